The van der Waals surface area contributed by atoms with Gasteiger partial charge in [0.15, 0.2) is 5.82 Å². The number of aromatic nitrogens is 2. The van der Waals surface area contributed by atoms with Crippen molar-refractivity contribution < 1.29 is 4.74 Å². The Kier molecular flexibility index (Phi) is 4.17. The summed E-state index contributed by atoms with van der Waals surface area (Å²) in [6, 6.07) is 16.4. The van der Waals surface area contributed by atoms with Gasteiger partial charge in [-0.05, 0) is 60.7 Å². The lowest BCUT2D eigenvalue weighted by Gasteiger charge is -2.12. The van der Waals surface area contributed by atoms with E-state index in [0.717, 1.165) is 40.4 Å². The van der Waals surface area contributed by atoms with Crippen LogP contribution in [0.1, 0.15) is 16.7 Å². The number of nitrogens with zero attached hydrogens (tertiary/aromatic N) is 2. The largest absolute Gasteiger partial charge is 0.497 e. The molecule has 0 spiro atoms. The van der Waals surface area contributed by atoms with Crippen LogP contribution in [-0.2, 0) is 12.8 Å². The molecule has 0 amide bonds. The number of nitrogen functional groups attached to an aromatic ring is 1. The second-order valence-corrected chi connectivity index (χ2v) is 6.50. The maximum atomic E-state index is 6.17. The van der Waals surface area contributed by atoms with Crippen molar-refractivity contribution >= 4 is 27.6 Å². The molecule has 0 fully saturated rings. The van der Waals surface area contributed by atoms with Gasteiger partial charge >= 0.3 is 0 Å². The predicted molar refractivity (Wildman–Crippen MR) is 107 cm³/mol. The number of ether oxygens (including phenoxy) is 1. The summed E-state index contributed by atoms with van der Waals surface area (Å²) in [5, 5.41) is 2.22. The number of rotatable bonds is 4. The van der Waals surface area contributed by atoms with Crippen LogP contribution in [0.4, 0.5) is 5.82 Å². The standard InChI is InChI=1S/C22H21N3O/c1-14-13-17(26-2)10-9-15(14)7-8-16-11-12-24-21-20(16)18-5-3-4-6-19(18)25-22(21)23/h3-6,9-13H,7-8H2,1-2H3,(H2,23,25). The zero-order valence-electron chi connectivity index (χ0n) is 15.0. The van der Waals surface area contributed by atoms with Crippen molar-refractivity contribution in [3.05, 3.63) is 71.4 Å². The number of methoxy groups -OCH3 is 1. The fraction of sp³-hybridized carbons (Fsp3) is 0.182. The summed E-state index contributed by atoms with van der Waals surface area (Å²) >= 11 is 0. The molecule has 130 valence electrons. The van der Waals surface area contributed by atoms with Crippen LogP contribution in [0, 0.1) is 6.92 Å². The Hall–Kier alpha value is -3.14. The summed E-state index contributed by atoms with van der Waals surface area (Å²) in [5.41, 5.74) is 11.7. The molecular formula is C22H21N3O. The van der Waals surface area contributed by atoms with Gasteiger partial charge in [0.1, 0.15) is 11.3 Å². The molecule has 0 radical (unpaired) electrons. The Morgan fingerprint density at radius 3 is 2.62 bits per heavy atom. The first-order valence-electron chi connectivity index (χ1n) is 8.72. The molecule has 0 saturated carbocycles. The van der Waals surface area contributed by atoms with E-state index in [-0.39, 0.29) is 0 Å². The number of pyridine rings is 2. The molecule has 0 atom stereocenters. The van der Waals surface area contributed by atoms with E-state index in [0.29, 0.717) is 5.82 Å². The van der Waals surface area contributed by atoms with E-state index in [2.05, 4.69) is 41.2 Å². The fourth-order valence-corrected chi connectivity index (χ4v) is 3.52. The van der Waals surface area contributed by atoms with E-state index in [1.54, 1.807) is 7.11 Å². The van der Waals surface area contributed by atoms with Crippen LogP contribution >= 0.6 is 0 Å². The van der Waals surface area contributed by atoms with Gasteiger partial charge in [-0.2, -0.15) is 0 Å². The molecule has 2 aromatic heterocycles. The average molecular weight is 343 g/mol. The second-order valence-electron chi connectivity index (χ2n) is 6.50. The molecule has 4 aromatic rings. The molecule has 0 bridgehead atoms. The molecule has 4 rings (SSSR count). The molecule has 4 heteroatoms. The van der Waals surface area contributed by atoms with E-state index in [4.69, 9.17) is 10.5 Å². The number of benzene rings is 2. The third kappa shape index (κ3) is 2.84. The lowest BCUT2D eigenvalue weighted by Crippen LogP contribution is -2.00. The minimum absolute atomic E-state index is 0.487. The first-order chi connectivity index (χ1) is 12.7. The van der Waals surface area contributed by atoms with Crippen LogP contribution in [0.5, 0.6) is 5.75 Å². The van der Waals surface area contributed by atoms with E-state index in [1.807, 2.05) is 30.5 Å². The number of para-hydroxylation sites is 1. The van der Waals surface area contributed by atoms with Crippen LogP contribution in [0.15, 0.2) is 54.7 Å². The third-order valence-corrected chi connectivity index (χ3v) is 4.91. The number of hydrogen-bond acceptors (Lipinski definition) is 4. The summed E-state index contributed by atoms with van der Waals surface area (Å²) in [6.45, 7) is 2.12. The van der Waals surface area contributed by atoms with E-state index >= 15 is 0 Å². The molecule has 0 aliphatic rings. The molecule has 4 nitrogen and oxygen atoms in total. The Bertz CT molecular complexity index is 1110. The van der Waals surface area contributed by atoms with Gasteiger partial charge in [0.25, 0.3) is 0 Å². The number of aryl methyl sites for hydroxylation is 3. The molecular weight excluding hydrogens is 322 g/mol. The highest BCUT2D eigenvalue weighted by molar-refractivity contribution is 6.09. The number of fused-ring (bicyclic) bond motifs is 3. The smallest absolute Gasteiger partial charge is 0.150 e. The van der Waals surface area contributed by atoms with Crippen molar-refractivity contribution in [3.8, 4) is 5.75 Å². The second kappa shape index (κ2) is 6.64. The highest BCUT2D eigenvalue weighted by atomic mass is 16.5. The van der Waals surface area contributed by atoms with Crippen molar-refractivity contribution in [2.24, 2.45) is 0 Å². The summed E-state index contributed by atoms with van der Waals surface area (Å²) in [5.74, 6) is 1.38. The first kappa shape index (κ1) is 16.3. The first-order valence-corrected chi connectivity index (χ1v) is 8.72. The summed E-state index contributed by atoms with van der Waals surface area (Å²) in [7, 11) is 1.70. The van der Waals surface area contributed by atoms with Gasteiger partial charge in [0, 0.05) is 17.0 Å². The normalized spacial score (nSPS) is 11.2. The van der Waals surface area contributed by atoms with Crippen molar-refractivity contribution in [2.75, 3.05) is 12.8 Å². The van der Waals surface area contributed by atoms with E-state index < -0.39 is 0 Å². The quantitative estimate of drug-likeness (QED) is 0.556. The van der Waals surface area contributed by atoms with Gasteiger partial charge in [-0.1, -0.05) is 24.3 Å². The maximum absolute atomic E-state index is 6.17. The van der Waals surface area contributed by atoms with Gasteiger partial charge in [0.2, 0.25) is 0 Å². The molecule has 0 aliphatic carbocycles. The van der Waals surface area contributed by atoms with Gasteiger partial charge in [-0.15, -0.1) is 0 Å². The van der Waals surface area contributed by atoms with Crippen LogP contribution in [0.2, 0.25) is 0 Å². The summed E-state index contributed by atoms with van der Waals surface area (Å²) < 4.78 is 5.30. The maximum Gasteiger partial charge on any atom is 0.150 e. The van der Waals surface area contributed by atoms with Gasteiger partial charge in [-0.25, -0.2) is 4.98 Å². The minimum atomic E-state index is 0.487. The van der Waals surface area contributed by atoms with Crippen molar-refractivity contribution in [2.45, 2.75) is 19.8 Å². The Morgan fingerprint density at radius 1 is 1.00 bits per heavy atom. The SMILES string of the molecule is COc1ccc(CCc2ccnc3c(N)nc4ccccc4c23)c(C)c1. The van der Waals surface area contributed by atoms with Crippen molar-refractivity contribution in [3.63, 3.8) is 0 Å². The van der Waals surface area contributed by atoms with Crippen LogP contribution in [-0.4, -0.2) is 17.1 Å². The summed E-state index contributed by atoms with van der Waals surface area (Å²) in [4.78, 5) is 8.98. The Labute approximate surface area is 152 Å². The molecule has 0 saturated heterocycles. The lowest BCUT2D eigenvalue weighted by molar-refractivity contribution is 0.414. The lowest BCUT2D eigenvalue weighted by atomic mass is 9.97. The van der Waals surface area contributed by atoms with E-state index in [9.17, 15) is 0 Å². The number of nitrogens with two attached hydrogens (primary N) is 1. The number of anilines is 1. The fourth-order valence-electron chi connectivity index (χ4n) is 3.52. The monoisotopic (exact) mass is 343 g/mol. The van der Waals surface area contributed by atoms with Crippen molar-refractivity contribution in [1.82, 2.24) is 9.97 Å². The Morgan fingerprint density at radius 2 is 1.81 bits per heavy atom. The minimum Gasteiger partial charge on any atom is -0.497 e. The molecule has 2 heterocycles. The zero-order valence-corrected chi connectivity index (χ0v) is 15.0. The van der Waals surface area contributed by atoms with Crippen LogP contribution in [0.3, 0.4) is 0 Å². The van der Waals surface area contributed by atoms with Gasteiger partial charge < -0.3 is 10.5 Å². The highest BCUT2D eigenvalue weighted by Crippen LogP contribution is 2.30. The average Bonchev–Trinajstić information content (AvgIpc) is 2.67. The Balaban J connectivity index is 1.77. The third-order valence-electron chi connectivity index (χ3n) is 4.91. The van der Waals surface area contributed by atoms with Crippen molar-refractivity contribution in [1.29, 1.82) is 0 Å². The van der Waals surface area contributed by atoms with Gasteiger partial charge in [0.05, 0.1) is 12.6 Å². The number of hydrogen-bond donors (Lipinski definition) is 1. The zero-order chi connectivity index (χ0) is 18.1. The van der Waals surface area contributed by atoms with Crippen LogP contribution in [0.25, 0.3) is 21.8 Å². The predicted octanol–water partition coefficient (Wildman–Crippen LogP) is 4.47. The molecule has 26 heavy (non-hydrogen) atoms. The van der Waals surface area contributed by atoms with E-state index in [1.165, 1.54) is 16.7 Å². The molecule has 0 unspecified atom stereocenters. The topological polar surface area (TPSA) is 61.0 Å². The molecule has 2 aromatic carbocycles. The highest BCUT2D eigenvalue weighted by Gasteiger charge is 2.11. The molecule has 0 aliphatic heterocycles. The molecule has 2 N–H and O–H groups in total. The van der Waals surface area contributed by atoms with Crippen LogP contribution < -0.4 is 10.5 Å². The summed E-state index contributed by atoms with van der Waals surface area (Å²) in [6.07, 6.45) is 3.69. The van der Waals surface area contributed by atoms with Gasteiger partial charge in [-0.3, -0.25) is 4.98 Å².